The van der Waals surface area contributed by atoms with Crippen LogP contribution in [0, 0.1) is 0 Å². The minimum Gasteiger partial charge on any atom is -0.323 e. The van der Waals surface area contributed by atoms with Crippen molar-refractivity contribution in [1.82, 2.24) is 4.98 Å². The Kier molecular flexibility index (Phi) is 1.81. The van der Waals surface area contributed by atoms with Crippen LogP contribution in [0.4, 0.5) is 5.69 Å². The van der Waals surface area contributed by atoms with Gasteiger partial charge in [0.25, 0.3) is 5.56 Å². The van der Waals surface area contributed by atoms with Gasteiger partial charge in [0.1, 0.15) is 5.52 Å². The molecular weight excluding hydrogens is 200 g/mol. The summed E-state index contributed by atoms with van der Waals surface area (Å²) in [6, 6.07) is 13.5. The van der Waals surface area contributed by atoms with Crippen LogP contribution in [0.5, 0.6) is 0 Å². The second kappa shape index (κ2) is 3.18. The number of H-pyrrole nitrogens is 1. The second-order valence-corrected chi connectivity index (χ2v) is 3.84. The number of benzene rings is 2. The molecule has 2 aromatic carbocycles. The van der Waals surface area contributed by atoms with Gasteiger partial charge in [0.2, 0.25) is 0 Å². The molecule has 1 heterocycles. The Morgan fingerprint density at radius 2 is 1.56 bits per heavy atom. The third-order valence-electron chi connectivity index (χ3n) is 2.85. The Morgan fingerprint density at radius 3 is 2.38 bits per heavy atom. The van der Waals surface area contributed by atoms with E-state index in [-0.39, 0.29) is 5.56 Å². The average molecular weight is 211 g/mol. The summed E-state index contributed by atoms with van der Waals surface area (Å²) in [5.41, 5.74) is 5.54. The van der Waals surface area contributed by atoms with Gasteiger partial charge in [-0.2, -0.15) is 0 Å². The van der Waals surface area contributed by atoms with Gasteiger partial charge in [-0.1, -0.05) is 30.3 Å². The lowest BCUT2D eigenvalue weighted by atomic mass is 10.1. The van der Waals surface area contributed by atoms with E-state index in [1.807, 2.05) is 42.5 Å². The van der Waals surface area contributed by atoms with Crippen LogP contribution in [0.25, 0.3) is 21.7 Å². The number of nitrogens with one attached hydrogen (secondary N) is 1. The Morgan fingerprint density at radius 1 is 0.875 bits per heavy atom. The lowest BCUT2D eigenvalue weighted by molar-refractivity contribution is -0.252. The number of quaternary nitrogens is 1. The van der Waals surface area contributed by atoms with Gasteiger partial charge < -0.3 is 10.7 Å². The zero-order valence-electron chi connectivity index (χ0n) is 8.66. The van der Waals surface area contributed by atoms with E-state index in [0.717, 1.165) is 27.4 Å². The average Bonchev–Trinajstić information content (AvgIpc) is 2.31. The first-order valence-corrected chi connectivity index (χ1v) is 5.13. The summed E-state index contributed by atoms with van der Waals surface area (Å²) < 4.78 is 0. The van der Waals surface area contributed by atoms with Crippen LogP contribution in [0.2, 0.25) is 0 Å². The van der Waals surface area contributed by atoms with Crippen LogP contribution in [-0.4, -0.2) is 4.98 Å². The molecule has 0 aliphatic carbocycles. The van der Waals surface area contributed by atoms with Crippen LogP contribution in [0.15, 0.2) is 47.3 Å². The van der Waals surface area contributed by atoms with E-state index < -0.39 is 0 Å². The number of fused-ring (bicyclic) bond motifs is 3. The maximum Gasteiger partial charge on any atom is 0.256 e. The van der Waals surface area contributed by atoms with E-state index in [2.05, 4.69) is 10.7 Å². The van der Waals surface area contributed by atoms with Crippen molar-refractivity contribution >= 4 is 27.4 Å². The molecule has 0 radical (unpaired) electrons. The van der Waals surface area contributed by atoms with Crippen LogP contribution < -0.4 is 11.3 Å². The van der Waals surface area contributed by atoms with Gasteiger partial charge in [-0.25, -0.2) is 0 Å². The molecule has 3 nitrogen and oxygen atoms in total. The maximum absolute atomic E-state index is 11.9. The minimum atomic E-state index is -0.0563. The first-order valence-electron chi connectivity index (χ1n) is 5.13. The van der Waals surface area contributed by atoms with Gasteiger partial charge in [-0.05, 0) is 11.5 Å². The van der Waals surface area contributed by atoms with Gasteiger partial charge in [-0.15, -0.1) is 0 Å². The Labute approximate surface area is 91.5 Å². The molecule has 4 N–H and O–H groups in total. The normalized spacial score (nSPS) is 11.1. The van der Waals surface area contributed by atoms with Crippen LogP contribution in [-0.2, 0) is 0 Å². The molecule has 0 aliphatic rings. The van der Waals surface area contributed by atoms with Gasteiger partial charge >= 0.3 is 0 Å². The van der Waals surface area contributed by atoms with E-state index in [0.29, 0.717) is 0 Å². The van der Waals surface area contributed by atoms with Crippen molar-refractivity contribution in [2.24, 2.45) is 0 Å². The highest BCUT2D eigenvalue weighted by molar-refractivity contribution is 6.07. The molecule has 0 amide bonds. The fourth-order valence-electron chi connectivity index (χ4n) is 2.07. The number of hydrogen-bond acceptors (Lipinski definition) is 1. The molecular formula is C13H11N2O+. The van der Waals surface area contributed by atoms with Crippen LogP contribution in [0.1, 0.15) is 0 Å². The fraction of sp³-hybridized carbons (Fsp3) is 0. The van der Waals surface area contributed by atoms with Crippen molar-refractivity contribution < 1.29 is 5.73 Å². The zero-order chi connectivity index (χ0) is 11.1. The van der Waals surface area contributed by atoms with Crippen molar-refractivity contribution in [2.75, 3.05) is 0 Å². The Bertz CT molecular complexity index is 744. The first kappa shape index (κ1) is 9.12. The molecule has 1 aromatic heterocycles. The molecule has 3 heteroatoms. The standard InChI is InChI=1S/C13H10N2O/c14-11-7-3-6-9-8-4-1-2-5-10(8)13(16)15-12(9)11/h1-7H,14H2,(H,15,16)/p+1. The number of hydrogen-bond donors (Lipinski definition) is 2. The Hall–Kier alpha value is -2.13. The van der Waals surface area contributed by atoms with Gasteiger partial charge in [-0.3, -0.25) is 4.79 Å². The van der Waals surface area contributed by atoms with Crippen molar-refractivity contribution in [3.8, 4) is 0 Å². The lowest BCUT2D eigenvalue weighted by Crippen LogP contribution is -2.40. The van der Waals surface area contributed by atoms with Crippen molar-refractivity contribution in [3.05, 3.63) is 52.8 Å². The predicted octanol–water partition coefficient (Wildman–Crippen LogP) is 1.55. The van der Waals surface area contributed by atoms with E-state index in [4.69, 9.17) is 0 Å². The van der Waals surface area contributed by atoms with Gasteiger partial charge in [0.15, 0.2) is 5.69 Å². The molecule has 78 valence electrons. The summed E-state index contributed by atoms with van der Waals surface area (Å²) >= 11 is 0. The van der Waals surface area contributed by atoms with Gasteiger partial charge in [0.05, 0.1) is 0 Å². The Balaban J connectivity index is 2.70. The largest absolute Gasteiger partial charge is 0.323 e. The second-order valence-electron chi connectivity index (χ2n) is 3.84. The topological polar surface area (TPSA) is 60.5 Å². The third-order valence-corrected chi connectivity index (χ3v) is 2.85. The minimum absolute atomic E-state index is 0.0563. The molecule has 0 atom stereocenters. The number of aromatic nitrogens is 1. The first-order chi connectivity index (χ1) is 7.77. The lowest BCUT2D eigenvalue weighted by Gasteiger charge is -2.03. The summed E-state index contributed by atoms with van der Waals surface area (Å²) in [6.45, 7) is 0. The molecule has 0 spiro atoms. The van der Waals surface area contributed by atoms with E-state index >= 15 is 0 Å². The van der Waals surface area contributed by atoms with Crippen molar-refractivity contribution in [3.63, 3.8) is 0 Å². The number of pyridine rings is 1. The molecule has 0 fully saturated rings. The highest BCUT2D eigenvalue weighted by atomic mass is 16.1. The van der Waals surface area contributed by atoms with Crippen LogP contribution in [0.3, 0.4) is 0 Å². The third kappa shape index (κ3) is 1.15. The predicted molar refractivity (Wildman–Crippen MR) is 64.6 cm³/mol. The molecule has 3 rings (SSSR count). The summed E-state index contributed by atoms with van der Waals surface area (Å²) in [7, 11) is 0. The van der Waals surface area contributed by atoms with Crippen molar-refractivity contribution in [2.45, 2.75) is 0 Å². The smallest absolute Gasteiger partial charge is 0.256 e. The van der Waals surface area contributed by atoms with Gasteiger partial charge in [0, 0.05) is 16.8 Å². The molecule has 16 heavy (non-hydrogen) atoms. The molecule has 0 aliphatic heterocycles. The number of rotatable bonds is 0. The number of para-hydroxylation sites is 1. The molecule has 0 saturated carbocycles. The molecule has 0 bridgehead atoms. The summed E-state index contributed by atoms with van der Waals surface area (Å²) in [6.07, 6.45) is 0. The van der Waals surface area contributed by atoms with E-state index in [9.17, 15) is 4.79 Å². The summed E-state index contributed by atoms with van der Waals surface area (Å²) in [5.74, 6) is 0. The van der Waals surface area contributed by atoms with E-state index in [1.165, 1.54) is 0 Å². The molecule has 0 saturated heterocycles. The maximum atomic E-state index is 11.9. The summed E-state index contributed by atoms with van der Waals surface area (Å²) in [5, 5.41) is 2.75. The molecule has 0 unspecified atom stereocenters. The quantitative estimate of drug-likeness (QED) is 0.544. The number of aromatic amines is 1. The fourth-order valence-corrected chi connectivity index (χ4v) is 2.07. The zero-order valence-corrected chi connectivity index (χ0v) is 8.66. The monoisotopic (exact) mass is 211 g/mol. The molecule has 3 aromatic rings. The highest BCUT2D eigenvalue weighted by Crippen LogP contribution is 2.23. The van der Waals surface area contributed by atoms with E-state index in [1.54, 1.807) is 0 Å². The highest BCUT2D eigenvalue weighted by Gasteiger charge is 2.07. The van der Waals surface area contributed by atoms with Crippen molar-refractivity contribution in [1.29, 1.82) is 0 Å². The SMILES string of the molecule is [NH3+]c1cccc2c1[nH]c(=O)c1ccccc12. The summed E-state index contributed by atoms with van der Waals surface area (Å²) in [4.78, 5) is 14.7. The van der Waals surface area contributed by atoms with Crippen LogP contribution >= 0.6 is 0 Å².